The fourth-order valence-electron chi connectivity index (χ4n) is 2.74. The van der Waals surface area contributed by atoms with Crippen LogP contribution in [0.2, 0.25) is 5.02 Å². The van der Waals surface area contributed by atoms with Gasteiger partial charge in [0.15, 0.2) is 6.10 Å². The molecule has 0 heterocycles. The van der Waals surface area contributed by atoms with Crippen molar-refractivity contribution in [1.82, 2.24) is 5.43 Å². The number of anilines is 1. The molecule has 0 fully saturated rings. The second-order valence-corrected chi connectivity index (χ2v) is 6.97. The molecule has 0 aliphatic rings. The molecule has 6 heteroatoms. The maximum Gasteiger partial charge on any atom is 0.280 e. The minimum absolute atomic E-state index is 0.329. The summed E-state index contributed by atoms with van der Waals surface area (Å²) >= 11 is 5.92. The van der Waals surface area contributed by atoms with Crippen molar-refractivity contribution < 1.29 is 9.53 Å². The number of nitrogens with one attached hydrogen (secondary N) is 1. The van der Waals surface area contributed by atoms with Crippen LogP contribution in [0.15, 0.2) is 53.6 Å². The second-order valence-electron chi connectivity index (χ2n) is 6.53. The molecule has 0 aliphatic carbocycles. The van der Waals surface area contributed by atoms with Crippen LogP contribution < -0.4 is 15.1 Å². The van der Waals surface area contributed by atoms with Gasteiger partial charge in [-0.3, -0.25) is 4.79 Å². The molecule has 0 bridgehead atoms. The highest BCUT2D eigenvalue weighted by Gasteiger charge is 2.14. The Bertz CT molecular complexity index is 772. The molecular formula is C22H28ClN3O2. The molecule has 0 aromatic heterocycles. The average molecular weight is 402 g/mol. The highest BCUT2D eigenvalue weighted by atomic mass is 35.5. The first-order valence-corrected chi connectivity index (χ1v) is 10.0. The third-order valence-electron chi connectivity index (χ3n) is 4.11. The lowest BCUT2D eigenvalue weighted by Crippen LogP contribution is -2.33. The van der Waals surface area contributed by atoms with Crippen LogP contribution in [0.5, 0.6) is 5.75 Å². The lowest BCUT2D eigenvalue weighted by molar-refractivity contribution is -0.127. The van der Waals surface area contributed by atoms with E-state index in [2.05, 4.69) is 41.4 Å². The van der Waals surface area contributed by atoms with Crippen molar-refractivity contribution in [2.45, 2.75) is 39.7 Å². The molecule has 5 nitrogen and oxygen atoms in total. The molecule has 1 amide bonds. The molecule has 0 aliphatic heterocycles. The number of ether oxygens (including phenoxy) is 1. The number of benzene rings is 2. The molecule has 150 valence electrons. The summed E-state index contributed by atoms with van der Waals surface area (Å²) in [6.07, 6.45) is 3.17. The maximum atomic E-state index is 12.1. The van der Waals surface area contributed by atoms with Crippen LogP contribution in [0.4, 0.5) is 5.69 Å². The molecule has 2 aromatic carbocycles. The average Bonchev–Trinajstić information content (AvgIpc) is 2.68. The van der Waals surface area contributed by atoms with Crippen LogP contribution >= 0.6 is 11.6 Å². The number of amides is 1. The Morgan fingerprint density at radius 3 is 2.46 bits per heavy atom. The van der Waals surface area contributed by atoms with Crippen molar-refractivity contribution >= 4 is 29.4 Å². The van der Waals surface area contributed by atoms with Gasteiger partial charge < -0.3 is 9.64 Å². The summed E-state index contributed by atoms with van der Waals surface area (Å²) in [5.74, 6) is 0.211. The molecule has 0 radical (unpaired) electrons. The summed E-state index contributed by atoms with van der Waals surface area (Å²) in [4.78, 5) is 14.5. The van der Waals surface area contributed by atoms with E-state index in [9.17, 15) is 4.79 Å². The lowest BCUT2D eigenvalue weighted by Gasteiger charge is -2.23. The summed E-state index contributed by atoms with van der Waals surface area (Å²) in [7, 11) is 0. The van der Waals surface area contributed by atoms with Crippen molar-refractivity contribution in [3.05, 3.63) is 59.1 Å². The molecule has 0 saturated heterocycles. The first-order chi connectivity index (χ1) is 13.5. The zero-order valence-electron chi connectivity index (χ0n) is 16.7. The monoisotopic (exact) mass is 401 g/mol. The number of hydrogen-bond acceptors (Lipinski definition) is 4. The predicted molar refractivity (Wildman–Crippen MR) is 117 cm³/mol. The van der Waals surface area contributed by atoms with Crippen LogP contribution in [-0.2, 0) is 4.79 Å². The van der Waals surface area contributed by atoms with E-state index >= 15 is 0 Å². The van der Waals surface area contributed by atoms with E-state index < -0.39 is 6.10 Å². The first kappa shape index (κ1) is 21.8. The number of halogens is 1. The Kier molecular flexibility index (Phi) is 8.82. The lowest BCUT2D eigenvalue weighted by atomic mass is 10.2. The van der Waals surface area contributed by atoms with E-state index in [0.717, 1.165) is 31.5 Å². The topological polar surface area (TPSA) is 53.9 Å². The fraction of sp³-hybridized carbons (Fsp3) is 0.364. The van der Waals surface area contributed by atoms with Crippen molar-refractivity contribution in [1.29, 1.82) is 0 Å². The van der Waals surface area contributed by atoms with Gasteiger partial charge in [0.05, 0.1) is 6.21 Å². The molecule has 2 rings (SSSR count). The normalized spacial score (nSPS) is 12.0. The van der Waals surface area contributed by atoms with E-state index in [1.165, 1.54) is 5.69 Å². The smallest absolute Gasteiger partial charge is 0.280 e. The third kappa shape index (κ3) is 6.89. The van der Waals surface area contributed by atoms with Crippen LogP contribution in [0.3, 0.4) is 0 Å². The SMILES string of the molecule is CCCN(CCC)c1ccc(/C=N/NC(=O)[C@@H](C)Oc2cccc(Cl)c2)cc1. The number of nitrogens with zero attached hydrogens (tertiary/aromatic N) is 2. The van der Waals surface area contributed by atoms with Gasteiger partial charge >= 0.3 is 0 Å². The third-order valence-corrected chi connectivity index (χ3v) is 4.35. The quantitative estimate of drug-likeness (QED) is 0.455. The highest BCUT2D eigenvalue weighted by molar-refractivity contribution is 6.30. The van der Waals surface area contributed by atoms with Gasteiger partial charge in [0.1, 0.15) is 5.75 Å². The number of hydrazone groups is 1. The number of carbonyl (C=O) groups excluding carboxylic acids is 1. The Morgan fingerprint density at radius 2 is 1.86 bits per heavy atom. The summed E-state index contributed by atoms with van der Waals surface area (Å²) in [5.41, 5.74) is 4.63. The molecule has 1 N–H and O–H groups in total. The Balaban J connectivity index is 1.88. The van der Waals surface area contributed by atoms with E-state index in [0.29, 0.717) is 10.8 Å². The predicted octanol–water partition coefficient (Wildman–Crippen LogP) is 4.88. The maximum absolute atomic E-state index is 12.1. The van der Waals surface area contributed by atoms with Gasteiger partial charge in [0.25, 0.3) is 5.91 Å². The van der Waals surface area contributed by atoms with Crippen LogP contribution in [0.25, 0.3) is 0 Å². The van der Waals surface area contributed by atoms with Crippen molar-refractivity contribution in [2.24, 2.45) is 5.10 Å². The number of carbonyl (C=O) groups is 1. The second kappa shape index (κ2) is 11.3. The summed E-state index contributed by atoms with van der Waals surface area (Å²) in [5, 5.41) is 4.58. The van der Waals surface area contributed by atoms with Gasteiger partial charge in [0, 0.05) is 23.8 Å². The van der Waals surface area contributed by atoms with Gasteiger partial charge in [0.2, 0.25) is 0 Å². The van der Waals surface area contributed by atoms with E-state index in [-0.39, 0.29) is 5.91 Å². The molecule has 0 saturated carbocycles. The Labute approximate surface area is 172 Å². The van der Waals surface area contributed by atoms with E-state index in [1.54, 1.807) is 37.4 Å². The highest BCUT2D eigenvalue weighted by Crippen LogP contribution is 2.18. The molecule has 28 heavy (non-hydrogen) atoms. The zero-order valence-corrected chi connectivity index (χ0v) is 17.4. The minimum Gasteiger partial charge on any atom is -0.481 e. The van der Waals surface area contributed by atoms with Gasteiger partial charge in [-0.25, -0.2) is 5.43 Å². The largest absolute Gasteiger partial charge is 0.481 e. The van der Waals surface area contributed by atoms with Gasteiger partial charge in [-0.2, -0.15) is 5.10 Å². The Morgan fingerprint density at radius 1 is 1.18 bits per heavy atom. The molecule has 0 spiro atoms. The number of rotatable bonds is 10. The summed E-state index contributed by atoms with van der Waals surface area (Å²) in [6, 6.07) is 15.1. The van der Waals surface area contributed by atoms with Crippen LogP contribution in [0, 0.1) is 0 Å². The standard InChI is InChI=1S/C22H28ClN3O2/c1-4-13-26(14-5-2)20-11-9-18(10-12-20)16-24-25-22(27)17(3)28-21-8-6-7-19(23)15-21/h6-12,15-17H,4-5,13-14H2,1-3H3,(H,25,27)/b24-16+/t17-/m1/s1. The Hall–Kier alpha value is -2.53. The van der Waals surface area contributed by atoms with Crippen LogP contribution in [0.1, 0.15) is 39.2 Å². The van der Waals surface area contributed by atoms with Crippen molar-refractivity contribution in [3.8, 4) is 5.75 Å². The first-order valence-electron chi connectivity index (χ1n) is 9.63. The fourth-order valence-corrected chi connectivity index (χ4v) is 2.92. The molecule has 0 unspecified atom stereocenters. The molecule has 1 atom stereocenters. The number of hydrogen-bond donors (Lipinski definition) is 1. The van der Waals surface area contributed by atoms with Crippen molar-refractivity contribution in [2.75, 3.05) is 18.0 Å². The van der Waals surface area contributed by atoms with Gasteiger partial charge in [-0.05, 0) is 55.7 Å². The van der Waals surface area contributed by atoms with Gasteiger partial charge in [-0.1, -0.05) is 43.6 Å². The van der Waals surface area contributed by atoms with E-state index in [4.69, 9.17) is 16.3 Å². The zero-order chi connectivity index (χ0) is 20.4. The van der Waals surface area contributed by atoms with E-state index in [1.807, 2.05) is 12.1 Å². The summed E-state index contributed by atoms with van der Waals surface area (Å²) < 4.78 is 5.57. The van der Waals surface area contributed by atoms with Crippen molar-refractivity contribution in [3.63, 3.8) is 0 Å². The van der Waals surface area contributed by atoms with Crippen LogP contribution in [-0.4, -0.2) is 31.3 Å². The minimum atomic E-state index is -0.686. The molecule has 2 aromatic rings. The van der Waals surface area contributed by atoms with Gasteiger partial charge in [-0.15, -0.1) is 0 Å². The molecular weight excluding hydrogens is 374 g/mol. The summed E-state index contributed by atoms with van der Waals surface area (Å²) in [6.45, 7) is 8.12.